The maximum Gasteiger partial charge on any atom is 0.295 e. The van der Waals surface area contributed by atoms with E-state index in [0.717, 1.165) is 18.5 Å². The molecular weight excluding hydrogens is 368 g/mol. The highest BCUT2D eigenvalue weighted by molar-refractivity contribution is 6.46. The zero-order valence-corrected chi connectivity index (χ0v) is 17.2. The largest absolute Gasteiger partial charge is 0.507 e. The van der Waals surface area contributed by atoms with Crippen LogP contribution in [0.5, 0.6) is 0 Å². The maximum absolute atomic E-state index is 12.9. The maximum atomic E-state index is 12.9. The van der Waals surface area contributed by atoms with Crippen molar-refractivity contribution in [1.82, 2.24) is 19.8 Å². The summed E-state index contributed by atoms with van der Waals surface area (Å²) in [6.07, 6.45) is 2.21. The number of hydrogen-bond donors (Lipinski definition) is 1. The fourth-order valence-electron chi connectivity index (χ4n) is 3.61. The van der Waals surface area contributed by atoms with Gasteiger partial charge in [-0.25, -0.2) is 9.97 Å². The van der Waals surface area contributed by atoms with Gasteiger partial charge in [-0.05, 0) is 46.5 Å². The molecule has 1 aliphatic heterocycles. The van der Waals surface area contributed by atoms with E-state index in [1.165, 1.54) is 6.20 Å². The number of Topliss-reactive ketones (excluding diaryl/α,β-unsaturated/α-hetero) is 1. The van der Waals surface area contributed by atoms with Crippen LogP contribution in [0.15, 0.2) is 42.1 Å². The minimum Gasteiger partial charge on any atom is -0.507 e. The molecule has 7 nitrogen and oxygen atoms in total. The summed E-state index contributed by atoms with van der Waals surface area (Å²) in [7, 11) is 3.92. The minimum absolute atomic E-state index is 0.0848. The molecule has 0 bridgehead atoms. The second-order valence-electron chi connectivity index (χ2n) is 7.48. The Kier molecular flexibility index (Phi) is 6.08. The molecule has 152 valence electrons. The average Bonchev–Trinajstić information content (AvgIpc) is 2.93. The Balaban J connectivity index is 2.10. The number of carbonyl (C=O) groups excluding carboxylic acids is 2. The van der Waals surface area contributed by atoms with E-state index in [1.54, 1.807) is 18.7 Å². The fraction of sp³-hybridized carbons (Fsp3) is 0.364. The van der Waals surface area contributed by atoms with E-state index < -0.39 is 17.7 Å². The number of aromatic nitrogens is 2. The highest BCUT2D eigenvalue weighted by Gasteiger charge is 2.45. The predicted molar refractivity (Wildman–Crippen MR) is 110 cm³/mol. The predicted octanol–water partition coefficient (Wildman–Crippen LogP) is 2.47. The molecule has 0 saturated carbocycles. The molecule has 29 heavy (non-hydrogen) atoms. The summed E-state index contributed by atoms with van der Waals surface area (Å²) in [6, 6.07) is 8.67. The van der Waals surface area contributed by atoms with Crippen LogP contribution in [0, 0.1) is 13.8 Å². The molecule has 1 aromatic heterocycles. The topological polar surface area (TPSA) is 86.6 Å². The summed E-state index contributed by atoms with van der Waals surface area (Å²) in [5.41, 5.74) is 1.79. The molecule has 0 unspecified atom stereocenters. The number of aliphatic hydroxyl groups is 1. The summed E-state index contributed by atoms with van der Waals surface area (Å²) < 4.78 is 0. The van der Waals surface area contributed by atoms with Gasteiger partial charge < -0.3 is 14.9 Å². The van der Waals surface area contributed by atoms with Crippen molar-refractivity contribution in [1.29, 1.82) is 0 Å². The van der Waals surface area contributed by atoms with E-state index >= 15 is 0 Å². The summed E-state index contributed by atoms with van der Waals surface area (Å²) in [4.78, 5) is 37.8. The van der Waals surface area contributed by atoms with Crippen molar-refractivity contribution in [2.75, 3.05) is 27.2 Å². The second-order valence-corrected chi connectivity index (χ2v) is 7.48. The smallest absolute Gasteiger partial charge is 0.295 e. The highest BCUT2D eigenvalue weighted by atomic mass is 16.3. The number of aryl methyl sites for hydroxylation is 2. The van der Waals surface area contributed by atoms with Gasteiger partial charge in [0.1, 0.15) is 11.6 Å². The van der Waals surface area contributed by atoms with Crippen molar-refractivity contribution in [2.24, 2.45) is 0 Å². The minimum atomic E-state index is -0.679. The summed E-state index contributed by atoms with van der Waals surface area (Å²) >= 11 is 0. The van der Waals surface area contributed by atoms with E-state index in [2.05, 4.69) is 9.97 Å². The number of aliphatic hydroxyl groups excluding tert-OH is 1. The van der Waals surface area contributed by atoms with Crippen LogP contribution in [-0.4, -0.2) is 63.7 Å². The lowest BCUT2D eigenvalue weighted by Gasteiger charge is -2.26. The van der Waals surface area contributed by atoms with Crippen LogP contribution in [0.4, 0.5) is 0 Å². The van der Waals surface area contributed by atoms with Gasteiger partial charge in [0.25, 0.3) is 11.7 Å². The molecule has 0 radical (unpaired) electrons. The number of amides is 1. The van der Waals surface area contributed by atoms with E-state index in [0.29, 0.717) is 23.6 Å². The van der Waals surface area contributed by atoms with Crippen molar-refractivity contribution in [3.63, 3.8) is 0 Å². The zero-order valence-electron chi connectivity index (χ0n) is 17.2. The van der Waals surface area contributed by atoms with Gasteiger partial charge in [0.2, 0.25) is 0 Å². The molecule has 3 rings (SSSR count). The number of hydrogen-bond acceptors (Lipinski definition) is 6. The number of rotatable bonds is 6. The lowest BCUT2D eigenvalue weighted by molar-refractivity contribution is -0.139. The van der Waals surface area contributed by atoms with Gasteiger partial charge in [0.05, 0.1) is 22.9 Å². The quantitative estimate of drug-likeness (QED) is 0.460. The molecule has 1 aromatic carbocycles. The second kappa shape index (κ2) is 8.53. The van der Waals surface area contributed by atoms with Gasteiger partial charge in [0, 0.05) is 12.7 Å². The average molecular weight is 394 g/mol. The summed E-state index contributed by atoms with van der Waals surface area (Å²) in [5.74, 6) is -0.932. The molecule has 2 heterocycles. The zero-order chi connectivity index (χ0) is 21.1. The monoisotopic (exact) mass is 394 g/mol. The Bertz CT molecular complexity index is 954. The van der Waals surface area contributed by atoms with E-state index in [-0.39, 0.29) is 11.3 Å². The molecular formula is C22H26N4O3. The first kappa shape index (κ1) is 20.7. The van der Waals surface area contributed by atoms with Gasteiger partial charge in [-0.3, -0.25) is 9.59 Å². The molecule has 1 atom stereocenters. The standard InChI is InChI=1S/C22H26N4O3/c1-14-17(13-23-15(2)24-14)20(27)18-19(16-9-6-5-7-10-16)26(22(29)21(18)28)12-8-11-25(3)4/h5-7,9-10,13,19,27H,8,11-12H2,1-4H3/t19-/m1/s1. The molecule has 0 aliphatic carbocycles. The van der Waals surface area contributed by atoms with Crippen LogP contribution in [-0.2, 0) is 9.59 Å². The van der Waals surface area contributed by atoms with Crippen molar-refractivity contribution >= 4 is 17.4 Å². The Morgan fingerprint density at radius 2 is 1.86 bits per heavy atom. The first-order chi connectivity index (χ1) is 13.8. The summed E-state index contributed by atoms with van der Waals surface area (Å²) in [6.45, 7) is 4.71. The molecule has 7 heteroatoms. The van der Waals surface area contributed by atoms with Gasteiger partial charge >= 0.3 is 0 Å². The van der Waals surface area contributed by atoms with Gasteiger partial charge in [-0.1, -0.05) is 30.3 Å². The van der Waals surface area contributed by atoms with Crippen molar-refractivity contribution < 1.29 is 14.7 Å². The lowest BCUT2D eigenvalue weighted by Crippen LogP contribution is -2.32. The Labute approximate surface area is 170 Å². The van der Waals surface area contributed by atoms with Crippen LogP contribution in [0.2, 0.25) is 0 Å². The molecule has 2 aromatic rings. The molecule has 1 amide bonds. The van der Waals surface area contributed by atoms with Crippen LogP contribution in [0.25, 0.3) is 5.76 Å². The molecule has 1 N–H and O–H groups in total. The molecule has 1 saturated heterocycles. The van der Waals surface area contributed by atoms with Crippen LogP contribution < -0.4 is 0 Å². The first-order valence-corrected chi connectivity index (χ1v) is 9.60. The van der Waals surface area contributed by atoms with Gasteiger partial charge in [-0.15, -0.1) is 0 Å². The van der Waals surface area contributed by atoms with Gasteiger partial charge in [-0.2, -0.15) is 0 Å². The lowest BCUT2D eigenvalue weighted by atomic mass is 9.95. The first-order valence-electron chi connectivity index (χ1n) is 9.60. The number of benzene rings is 1. The van der Waals surface area contributed by atoms with E-state index in [4.69, 9.17) is 0 Å². The number of carbonyl (C=O) groups is 2. The number of nitrogens with zero attached hydrogens (tertiary/aromatic N) is 4. The van der Waals surface area contributed by atoms with E-state index in [1.807, 2.05) is 49.3 Å². The molecule has 0 spiro atoms. The number of ketones is 1. The summed E-state index contributed by atoms with van der Waals surface area (Å²) in [5, 5.41) is 11.0. The van der Waals surface area contributed by atoms with Crippen molar-refractivity contribution in [3.05, 3.63) is 64.7 Å². The normalized spacial score (nSPS) is 18.7. The molecule has 1 aliphatic rings. The molecule has 1 fully saturated rings. The van der Waals surface area contributed by atoms with Crippen LogP contribution in [0.3, 0.4) is 0 Å². The Morgan fingerprint density at radius 1 is 1.17 bits per heavy atom. The van der Waals surface area contributed by atoms with Crippen molar-refractivity contribution in [2.45, 2.75) is 26.3 Å². The highest BCUT2D eigenvalue weighted by Crippen LogP contribution is 2.39. The third-order valence-electron chi connectivity index (χ3n) is 5.01. The van der Waals surface area contributed by atoms with E-state index in [9.17, 15) is 14.7 Å². The van der Waals surface area contributed by atoms with Crippen molar-refractivity contribution in [3.8, 4) is 0 Å². The van der Waals surface area contributed by atoms with Crippen LogP contribution >= 0.6 is 0 Å². The third kappa shape index (κ3) is 4.19. The third-order valence-corrected chi connectivity index (χ3v) is 5.01. The van der Waals surface area contributed by atoms with Crippen LogP contribution in [0.1, 0.15) is 35.1 Å². The van der Waals surface area contributed by atoms with Gasteiger partial charge in [0.15, 0.2) is 0 Å². The number of likely N-dealkylation sites (tertiary alicyclic amines) is 1. The SMILES string of the molecule is Cc1ncc(C(O)=C2C(=O)C(=O)N(CCCN(C)C)[C@@H]2c2ccccc2)c(C)n1. The Hall–Kier alpha value is -3.06. The Morgan fingerprint density at radius 3 is 2.48 bits per heavy atom. The fourth-order valence-corrected chi connectivity index (χ4v) is 3.61.